The van der Waals surface area contributed by atoms with Crippen molar-refractivity contribution in [2.45, 2.75) is 90.2 Å². The zero-order valence-electron chi connectivity index (χ0n) is 18.9. The molecule has 1 saturated heterocycles. The van der Waals surface area contributed by atoms with Gasteiger partial charge in [0.25, 0.3) is 0 Å². The van der Waals surface area contributed by atoms with Crippen LogP contribution in [0.5, 0.6) is 0 Å². The molecular formula is C21H43IN4O3S. The molecule has 9 heteroatoms. The van der Waals surface area contributed by atoms with E-state index >= 15 is 0 Å². The normalized spacial score (nSPS) is 20.4. The van der Waals surface area contributed by atoms with E-state index in [9.17, 15) is 8.42 Å². The van der Waals surface area contributed by atoms with Crippen LogP contribution in [0.1, 0.15) is 78.1 Å². The van der Waals surface area contributed by atoms with E-state index in [-0.39, 0.29) is 35.8 Å². The van der Waals surface area contributed by atoms with Crippen LogP contribution in [0.25, 0.3) is 0 Å². The minimum atomic E-state index is -3.07. The fourth-order valence-corrected chi connectivity index (χ4v) is 5.17. The molecule has 0 unspecified atom stereocenters. The molecule has 0 aromatic carbocycles. The number of unbranched alkanes of at least 4 members (excludes halogenated alkanes) is 1. The molecule has 178 valence electrons. The number of nitrogens with zero attached hydrogens (tertiary/aromatic N) is 2. The van der Waals surface area contributed by atoms with E-state index in [4.69, 9.17) is 9.73 Å². The Morgan fingerprint density at radius 1 is 1.03 bits per heavy atom. The summed E-state index contributed by atoms with van der Waals surface area (Å²) in [6.07, 6.45) is 12.0. The summed E-state index contributed by atoms with van der Waals surface area (Å²) in [6, 6.07) is 0.273. The lowest BCUT2D eigenvalue weighted by Crippen LogP contribution is -2.50. The van der Waals surface area contributed by atoms with Gasteiger partial charge in [0.15, 0.2) is 5.96 Å². The van der Waals surface area contributed by atoms with Crippen molar-refractivity contribution in [2.75, 3.05) is 38.5 Å². The van der Waals surface area contributed by atoms with Gasteiger partial charge in [-0.3, -0.25) is 4.99 Å². The van der Waals surface area contributed by atoms with Crippen molar-refractivity contribution in [2.24, 2.45) is 4.99 Å². The van der Waals surface area contributed by atoms with Gasteiger partial charge in [-0.2, -0.15) is 0 Å². The first-order valence-electron chi connectivity index (χ1n) is 11.7. The predicted octanol–water partition coefficient (Wildman–Crippen LogP) is 3.49. The maximum atomic E-state index is 12.0. The Morgan fingerprint density at radius 3 is 2.30 bits per heavy atom. The Hall–Kier alpha value is -0.130. The number of hydrogen-bond acceptors (Lipinski definition) is 4. The van der Waals surface area contributed by atoms with Gasteiger partial charge in [0.05, 0.1) is 11.9 Å². The lowest BCUT2D eigenvalue weighted by atomic mass is 10.1. The number of halogens is 1. The van der Waals surface area contributed by atoms with Crippen molar-refractivity contribution in [3.05, 3.63) is 0 Å². The van der Waals surface area contributed by atoms with Crippen LogP contribution in [0, 0.1) is 0 Å². The molecule has 0 amide bonds. The fourth-order valence-electron chi connectivity index (χ4n) is 4.04. The zero-order chi connectivity index (χ0) is 21.0. The summed E-state index contributed by atoms with van der Waals surface area (Å²) in [5.74, 6) is 1.02. The number of ether oxygens (including phenoxy) is 1. The third-order valence-electron chi connectivity index (χ3n) is 5.88. The molecule has 2 rings (SSSR count). The lowest BCUT2D eigenvalue weighted by molar-refractivity contribution is 0.0413. The van der Waals surface area contributed by atoms with Crippen molar-refractivity contribution in [1.82, 2.24) is 14.9 Å². The highest BCUT2D eigenvalue weighted by atomic mass is 127. The summed E-state index contributed by atoms with van der Waals surface area (Å²) in [5, 5.41) is 6.79. The Morgan fingerprint density at radius 2 is 1.70 bits per heavy atom. The van der Waals surface area contributed by atoms with E-state index in [0.29, 0.717) is 19.2 Å². The van der Waals surface area contributed by atoms with Gasteiger partial charge in [-0.15, -0.1) is 24.0 Å². The van der Waals surface area contributed by atoms with Gasteiger partial charge >= 0.3 is 0 Å². The molecule has 2 N–H and O–H groups in total. The van der Waals surface area contributed by atoms with Crippen LogP contribution >= 0.6 is 24.0 Å². The molecule has 1 aliphatic heterocycles. The highest BCUT2D eigenvalue weighted by Crippen LogP contribution is 2.20. The fraction of sp³-hybridized carbons (Fsp3) is 0.952. The summed E-state index contributed by atoms with van der Waals surface area (Å²) in [5.41, 5.74) is 0. The molecule has 1 aliphatic carbocycles. The minimum Gasteiger partial charge on any atom is -0.378 e. The van der Waals surface area contributed by atoms with E-state index in [1.807, 2.05) is 0 Å². The second-order valence-electron chi connectivity index (χ2n) is 8.17. The second kappa shape index (κ2) is 15.6. The summed E-state index contributed by atoms with van der Waals surface area (Å²) < 4.78 is 31.6. The van der Waals surface area contributed by atoms with Crippen molar-refractivity contribution in [3.63, 3.8) is 0 Å². The maximum Gasteiger partial charge on any atom is 0.213 e. The Bertz CT molecular complexity index is 573. The van der Waals surface area contributed by atoms with E-state index in [0.717, 1.165) is 51.3 Å². The monoisotopic (exact) mass is 558 g/mol. The third-order valence-corrected chi connectivity index (χ3v) is 7.76. The van der Waals surface area contributed by atoms with E-state index in [1.54, 1.807) is 11.2 Å². The first-order valence-corrected chi connectivity index (χ1v) is 13.3. The van der Waals surface area contributed by atoms with Gasteiger partial charge in [-0.1, -0.05) is 25.7 Å². The van der Waals surface area contributed by atoms with E-state index in [1.165, 1.54) is 38.5 Å². The molecular weight excluding hydrogens is 515 g/mol. The molecule has 7 nitrogen and oxygen atoms in total. The van der Waals surface area contributed by atoms with E-state index in [2.05, 4.69) is 17.6 Å². The third kappa shape index (κ3) is 10.5. The Balaban J connectivity index is 0.00000450. The second-order valence-corrected chi connectivity index (χ2v) is 10.4. The van der Waals surface area contributed by atoms with Crippen molar-refractivity contribution >= 4 is 40.0 Å². The van der Waals surface area contributed by atoms with Crippen molar-refractivity contribution in [1.29, 1.82) is 0 Å². The van der Waals surface area contributed by atoms with Crippen molar-refractivity contribution in [3.8, 4) is 0 Å². The van der Waals surface area contributed by atoms with Gasteiger partial charge < -0.3 is 15.4 Å². The SMILES string of the molecule is CCNC(=NCCCCOC1CCCCCC1)NC1CCN(S(=O)(=O)CC)CC1.I. The zero-order valence-corrected chi connectivity index (χ0v) is 22.1. The van der Waals surface area contributed by atoms with Gasteiger partial charge in [0.1, 0.15) is 0 Å². The molecule has 30 heavy (non-hydrogen) atoms. The highest BCUT2D eigenvalue weighted by Gasteiger charge is 2.26. The largest absolute Gasteiger partial charge is 0.378 e. The van der Waals surface area contributed by atoms with Crippen LogP contribution in [0.2, 0.25) is 0 Å². The van der Waals surface area contributed by atoms with Gasteiger partial charge in [0, 0.05) is 38.8 Å². The minimum absolute atomic E-state index is 0. The number of aliphatic imine (C=N–C) groups is 1. The number of nitrogens with one attached hydrogen (secondary N) is 2. The number of rotatable bonds is 10. The smallest absolute Gasteiger partial charge is 0.213 e. The maximum absolute atomic E-state index is 12.0. The topological polar surface area (TPSA) is 83.0 Å². The molecule has 0 radical (unpaired) electrons. The Labute approximate surface area is 201 Å². The first kappa shape index (κ1) is 27.9. The van der Waals surface area contributed by atoms with Gasteiger partial charge in [0.2, 0.25) is 10.0 Å². The highest BCUT2D eigenvalue weighted by molar-refractivity contribution is 14.0. The standard InChI is InChI=1S/C21H42N4O3S.HI/c1-3-22-21(24-19-13-16-25(17-14-19)29(26,27)4-2)23-15-9-10-18-28-20-11-7-5-6-8-12-20;/h19-20H,3-18H2,1-2H3,(H2,22,23,24);1H. The molecule has 0 aromatic heterocycles. The number of piperidine rings is 1. The van der Waals surface area contributed by atoms with E-state index < -0.39 is 10.0 Å². The summed E-state index contributed by atoms with van der Waals surface area (Å²) >= 11 is 0. The average molecular weight is 559 g/mol. The van der Waals surface area contributed by atoms with Crippen LogP contribution in [0.15, 0.2) is 4.99 Å². The predicted molar refractivity (Wildman–Crippen MR) is 135 cm³/mol. The quantitative estimate of drug-likeness (QED) is 0.141. The van der Waals surface area contributed by atoms with Crippen molar-refractivity contribution < 1.29 is 13.2 Å². The van der Waals surface area contributed by atoms with Gasteiger partial charge in [-0.05, 0) is 52.4 Å². The molecule has 0 bridgehead atoms. The molecule has 2 fully saturated rings. The van der Waals surface area contributed by atoms with Crippen LogP contribution < -0.4 is 10.6 Å². The number of sulfonamides is 1. The summed E-state index contributed by atoms with van der Waals surface area (Å²) in [6.45, 7) is 7.39. The van der Waals surface area contributed by atoms with Crippen LogP contribution in [0.3, 0.4) is 0 Å². The number of guanidine groups is 1. The van der Waals surface area contributed by atoms with Crippen LogP contribution in [-0.2, 0) is 14.8 Å². The molecule has 0 spiro atoms. The summed E-state index contributed by atoms with van der Waals surface area (Å²) in [7, 11) is -3.07. The number of hydrogen-bond donors (Lipinski definition) is 2. The molecule has 1 heterocycles. The summed E-state index contributed by atoms with van der Waals surface area (Å²) in [4.78, 5) is 4.70. The molecule has 0 atom stereocenters. The average Bonchev–Trinajstić information content (AvgIpc) is 3.00. The van der Waals surface area contributed by atoms with Gasteiger partial charge in [-0.25, -0.2) is 12.7 Å². The molecule has 2 aliphatic rings. The van der Waals surface area contributed by atoms with Crippen LogP contribution in [0.4, 0.5) is 0 Å². The molecule has 1 saturated carbocycles. The van der Waals surface area contributed by atoms with Crippen LogP contribution in [-0.4, -0.2) is 69.4 Å². The Kier molecular flexibility index (Phi) is 14.5. The molecule has 0 aromatic rings. The first-order chi connectivity index (χ1) is 14.0. The lowest BCUT2D eigenvalue weighted by Gasteiger charge is -2.32.